The van der Waals surface area contributed by atoms with E-state index in [1.807, 2.05) is 24.4 Å². The molecule has 1 aromatic heterocycles. The molecule has 0 bridgehead atoms. The number of benzene rings is 2. The SMILES string of the molecule is COC(=O)c1ccc2c(CC(C)NCC(O)c3cccc(Cl)c3)c[nH]c2c1. The molecule has 0 aliphatic carbocycles. The molecular weight excluding hydrogens is 364 g/mol. The lowest BCUT2D eigenvalue weighted by molar-refractivity contribution is 0.0601. The van der Waals surface area contributed by atoms with Crippen molar-refractivity contribution in [1.82, 2.24) is 10.3 Å². The number of fused-ring (bicyclic) bond motifs is 1. The first kappa shape index (κ1) is 19.4. The molecule has 2 aromatic carbocycles. The Morgan fingerprint density at radius 2 is 2.11 bits per heavy atom. The van der Waals surface area contributed by atoms with Crippen LogP contribution < -0.4 is 5.32 Å². The molecule has 27 heavy (non-hydrogen) atoms. The lowest BCUT2D eigenvalue weighted by atomic mass is 10.0. The number of ether oxygens (including phenoxy) is 1. The number of halogens is 1. The van der Waals surface area contributed by atoms with Crippen molar-refractivity contribution < 1.29 is 14.6 Å². The van der Waals surface area contributed by atoms with Gasteiger partial charge in [0.15, 0.2) is 0 Å². The van der Waals surface area contributed by atoms with E-state index in [0.717, 1.165) is 28.5 Å². The van der Waals surface area contributed by atoms with Crippen molar-refractivity contribution in [3.8, 4) is 0 Å². The Morgan fingerprint density at radius 1 is 1.30 bits per heavy atom. The number of carbonyl (C=O) groups excluding carboxylic acids is 1. The molecule has 142 valence electrons. The lowest BCUT2D eigenvalue weighted by Gasteiger charge is -2.17. The third-order valence-corrected chi connectivity index (χ3v) is 4.84. The summed E-state index contributed by atoms with van der Waals surface area (Å²) in [5, 5.41) is 15.4. The minimum Gasteiger partial charge on any atom is -0.465 e. The van der Waals surface area contributed by atoms with Crippen LogP contribution in [0, 0.1) is 0 Å². The molecule has 5 nitrogen and oxygen atoms in total. The summed E-state index contributed by atoms with van der Waals surface area (Å²) in [5.41, 5.74) is 3.37. The van der Waals surface area contributed by atoms with Crippen molar-refractivity contribution in [3.05, 3.63) is 70.4 Å². The first-order valence-corrected chi connectivity index (χ1v) is 9.21. The number of hydrogen-bond acceptors (Lipinski definition) is 4. The van der Waals surface area contributed by atoms with Gasteiger partial charge in [0.2, 0.25) is 0 Å². The van der Waals surface area contributed by atoms with Crippen LogP contribution in [0.2, 0.25) is 5.02 Å². The van der Waals surface area contributed by atoms with Gasteiger partial charge in [-0.25, -0.2) is 4.79 Å². The molecule has 0 radical (unpaired) electrons. The highest BCUT2D eigenvalue weighted by Crippen LogP contribution is 2.22. The molecule has 0 amide bonds. The van der Waals surface area contributed by atoms with E-state index in [9.17, 15) is 9.90 Å². The summed E-state index contributed by atoms with van der Waals surface area (Å²) in [6.07, 6.45) is 2.13. The van der Waals surface area contributed by atoms with Crippen LogP contribution in [0.4, 0.5) is 0 Å². The number of aliphatic hydroxyl groups is 1. The average molecular weight is 387 g/mol. The highest BCUT2D eigenvalue weighted by atomic mass is 35.5. The third-order valence-electron chi connectivity index (χ3n) is 4.61. The van der Waals surface area contributed by atoms with Crippen LogP contribution in [0.25, 0.3) is 10.9 Å². The second-order valence-electron chi connectivity index (χ2n) is 6.65. The monoisotopic (exact) mass is 386 g/mol. The molecule has 3 rings (SSSR count). The largest absolute Gasteiger partial charge is 0.465 e. The normalized spacial score (nSPS) is 13.5. The molecule has 6 heteroatoms. The van der Waals surface area contributed by atoms with Crippen molar-refractivity contribution in [2.75, 3.05) is 13.7 Å². The molecule has 0 spiro atoms. The molecule has 3 aromatic rings. The predicted molar refractivity (Wildman–Crippen MR) is 107 cm³/mol. The second kappa shape index (κ2) is 8.57. The lowest BCUT2D eigenvalue weighted by Crippen LogP contribution is -2.32. The minimum atomic E-state index is -0.614. The van der Waals surface area contributed by atoms with Crippen LogP contribution >= 0.6 is 11.6 Å². The van der Waals surface area contributed by atoms with Crippen molar-refractivity contribution in [1.29, 1.82) is 0 Å². The summed E-state index contributed by atoms with van der Waals surface area (Å²) in [5.74, 6) is -0.349. The average Bonchev–Trinajstić information content (AvgIpc) is 3.07. The molecule has 0 saturated heterocycles. The topological polar surface area (TPSA) is 74.3 Å². The van der Waals surface area contributed by atoms with Gasteiger partial charge < -0.3 is 20.1 Å². The molecule has 1 heterocycles. The van der Waals surface area contributed by atoms with Gasteiger partial charge in [-0.2, -0.15) is 0 Å². The Morgan fingerprint density at radius 3 is 2.85 bits per heavy atom. The van der Waals surface area contributed by atoms with Gasteiger partial charge in [-0.05, 0) is 48.7 Å². The zero-order chi connectivity index (χ0) is 19.4. The van der Waals surface area contributed by atoms with Crippen LogP contribution in [-0.2, 0) is 11.2 Å². The van der Waals surface area contributed by atoms with E-state index in [0.29, 0.717) is 17.1 Å². The van der Waals surface area contributed by atoms with E-state index in [-0.39, 0.29) is 12.0 Å². The quantitative estimate of drug-likeness (QED) is 0.539. The fourth-order valence-corrected chi connectivity index (χ4v) is 3.35. The fraction of sp³-hybridized carbons (Fsp3) is 0.286. The van der Waals surface area contributed by atoms with Gasteiger partial charge in [0.1, 0.15) is 0 Å². The zero-order valence-corrected chi connectivity index (χ0v) is 16.1. The van der Waals surface area contributed by atoms with E-state index in [4.69, 9.17) is 16.3 Å². The van der Waals surface area contributed by atoms with Crippen LogP contribution in [0.1, 0.15) is 34.5 Å². The Bertz CT molecular complexity index is 938. The maximum absolute atomic E-state index is 11.7. The van der Waals surface area contributed by atoms with E-state index in [1.165, 1.54) is 7.11 Å². The number of aliphatic hydroxyl groups excluding tert-OH is 1. The Labute approximate surface area is 163 Å². The Balaban J connectivity index is 1.62. The predicted octanol–water partition coefficient (Wildman–Crippen LogP) is 3.86. The number of aromatic amines is 1. The first-order valence-electron chi connectivity index (χ1n) is 8.83. The molecule has 0 fully saturated rings. The van der Waals surface area contributed by atoms with Crippen LogP contribution in [0.5, 0.6) is 0 Å². The number of aromatic nitrogens is 1. The van der Waals surface area contributed by atoms with Gasteiger partial charge in [0, 0.05) is 34.7 Å². The maximum Gasteiger partial charge on any atom is 0.337 e. The Kier molecular flexibility index (Phi) is 6.16. The minimum absolute atomic E-state index is 0.165. The molecule has 0 aliphatic heterocycles. The number of H-pyrrole nitrogens is 1. The van der Waals surface area contributed by atoms with Crippen molar-refractivity contribution >= 4 is 28.5 Å². The standard InChI is InChI=1S/C21H23ClN2O3/c1-13(23-12-20(25)14-4-3-5-17(22)9-14)8-16-11-24-19-10-15(21(26)27-2)6-7-18(16)19/h3-7,9-11,13,20,23-25H,8,12H2,1-2H3. The smallest absolute Gasteiger partial charge is 0.337 e. The van der Waals surface area contributed by atoms with Crippen molar-refractivity contribution in [2.24, 2.45) is 0 Å². The molecule has 0 saturated carbocycles. The molecular formula is C21H23ClN2O3. The summed E-state index contributed by atoms with van der Waals surface area (Å²) in [7, 11) is 1.37. The van der Waals surface area contributed by atoms with Crippen LogP contribution in [0.15, 0.2) is 48.7 Å². The van der Waals surface area contributed by atoms with Gasteiger partial charge >= 0.3 is 5.97 Å². The van der Waals surface area contributed by atoms with E-state index in [2.05, 4.69) is 17.2 Å². The van der Waals surface area contributed by atoms with Gasteiger partial charge in [-0.3, -0.25) is 0 Å². The number of hydrogen-bond donors (Lipinski definition) is 3. The summed E-state index contributed by atoms with van der Waals surface area (Å²) >= 11 is 5.98. The summed E-state index contributed by atoms with van der Waals surface area (Å²) < 4.78 is 4.76. The molecule has 3 N–H and O–H groups in total. The number of esters is 1. The fourth-order valence-electron chi connectivity index (χ4n) is 3.15. The number of nitrogens with one attached hydrogen (secondary N) is 2. The zero-order valence-electron chi connectivity index (χ0n) is 15.3. The summed E-state index contributed by atoms with van der Waals surface area (Å²) in [6, 6.07) is 12.9. The molecule has 0 aliphatic rings. The first-order chi connectivity index (χ1) is 13.0. The van der Waals surface area contributed by atoms with E-state index in [1.54, 1.807) is 24.3 Å². The molecule has 2 atom stereocenters. The number of methoxy groups -OCH3 is 1. The van der Waals surface area contributed by atoms with E-state index >= 15 is 0 Å². The van der Waals surface area contributed by atoms with Gasteiger partial charge in [-0.15, -0.1) is 0 Å². The summed E-state index contributed by atoms with van der Waals surface area (Å²) in [6.45, 7) is 2.52. The van der Waals surface area contributed by atoms with Crippen molar-refractivity contribution in [3.63, 3.8) is 0 Å². The number of carbonyl (C=O) groups is 1. The maximum atomic E-state index is 11.7. The highest BCUT2D eigenvalue weighted by molar-refractivity contribution is 6.30. The van der Waals surface area contributed by atoms with Crippen LogP contribution in [-0.4, -0.2) is 35.8 Å². The highest BCUT2D eigenvalue weighted by Gasteiger charge is 2.13. The van der Waals surface area contributed by atoms with Crippen molar-refractivity contribution in [2.45, 2.75) is 25.5 Å². The van der Waals surface area contributed by atoms with Gasteiger partial charge in [0.05, 0.1) is 18.8 Å². The van der Waals surface area contributed by atoms with Gasteiger partial charge in [-0.1, -0.05) is 29.8 Å². The third kappa shape index (κ3) is 4.69. The van der Waals surface area contributed by atoms with E-state index < -0.39 is 6.10 Å². The Hall–Kier alpha value is -2.34. The van der Waals surface area contributed by atoms with Crippen LogP contribution in [0.3, 0.4) is 0 Å². The summed E-state index contributed by atoms with van der Waals surface area (Å²) in [4.78, 5) is 14.9. The number of rotatable bonds is 7. The second-order valence-corrected chi connectivity index (χ2v) is 7.09. The molecule has 2 unspecified atom stereocenters. The van der Waals surface area contributed by atoms with Gasteiger partial charge in [0.25, 0.3) is 0 Å².